The van der Waals surface area contributed by atoms with Crippen LogP contribution in [0.25, 0.3) is 0 Å². The minimum atomic E-state index is 0.285. The van der Waals surface area contributed by atoms with Gasteiger partial charge in [0.25, 0.3) is 0 Å². The zero-order valence-electron chi connectivity index (χ0n) is 12.0. The van der Waals surface area contributed by atoms with Crippen molar-refractivity contribution in [2.24, 2.45) is 0 Å². The first-order valence-corrected chi connectivity index (χ1v) is 7.08. The molecule has 0 aliphatic rings. The van der Waals surface area contributed by atoms with Crippen LogP contribution in [0.3, 0.4) is 0 Å². The number of hydrogen-bond acceptors (Lipinski definition) is 2. The monoisotopic (exact) mass is 249 g/mol. The van der Waals surface area contributed by atoms with Gasteiger partial charge in [0.1, 0.15) is 0 Å². The van der Waals surface area contributed by atoms with Gasteiger partial charge in [-0.15, -0.1) is 0 Å². The molecule has 2 atom stereocenters. The smallest absolute Gasteiger partial charge is 0.0696 e. The van der Waals surface area contributed by atoms with Crippen molar-refractivity contribution in [1.82, 2.24) is 5.32 Å². The van der Waals surface area contributed by atoms with Crippen molar-refractivity contribution in [2.75, 3.05) is 13.7 Å². The van der Waals surface area contributed by atoms with Crippen LogP contribution in [0.1, 0.15) is 38.7 Å². The maximum absolute atomic E-state index is 5.45. The molecule has 2 unspecified atom stereocenters. The SMILES string of the molecule is CCCNC(CCCc1ccccc1)C(C)OC. The maximum atomic E-state index is 5.45. The normalized spacial score (nSPS) is 14.4. The van der Waals surface area contributed by atoms with Gasteiger partial charge in [-0.05, 0) is 44.7 Å². The predicted molar refractivity (Wildman–Crippen MR) is 77.9 cm³/mol. The Hall–Kier alpha value is -0.860. The van der Waals surface area contributed by atoms with Crippen LogP contribution in [0.5, 0.6) is 0 Å². The average Bonchev–Trinajstić information content (AvgIpc) is 2.43. The van der Waals surface area contributed by atoms with E-state index in [0.717, 1.165) is 13.0 Å². The van der Waals surface area contributed by atoms with E-state index in [1.54, 1.807) is 7.11 Å². The zero-order chi connectivity index (χ0) is 13.2. The minimum Gasteiger partial charge on any atom is -0.380 e. The van der Waals surface area contributed by atoms with Crippen molar-refractivity contribution in [3.8, 4) is 0 Å². The van der Waals surface area contributed by atoms with Crippen LogP contribution in [0, 0.1) is 0 Å². The average molecular weight is 249 g/mol. The van der Waals surface area contributed by atoms with Gasteiger partial charge in [-0.2, -0.15) is 0 Å². The third-order valence-corrected chi connectivity index (χ3v) is 3.42. The second kappa shape index (κ2) is 9.12. The van der Waals surface area contributed by atoms with Gasteiger partial charge in [-0.25, -0.2) is 0 Å². The highest BCUT2D eigenvalue weighted by Gasteiger charge is 2.15. The van der Waals surface area contributed by atoms with Crippen molar-refractivity contribution in [1.29, 1.82) is 0 Å². The molecule has 0 amide bonds. The van der Waals surface area contributed by atoms with E-state index < -0.39 is 0 Å². The summed E-state index contributed by atoms with van der Waals surface area (Å²) >= 11 is 0. The number of aryl methyl sites for hydroxylation is 1. The molecule has 1 rings (SSSR count). The molecule has 0 spiro atoms. The Balaban J connectivity index is 2.32. The van der Waals surface area contributed by atoms with Gasteiger partial charge in [0.15, 0.2) is 0 Å². The molecular weight excluding hydrogens is 222 g/mol. The van der Waals surface area contributed by atoms with Crippen LogP contribution in [-0.2, 0) is 11.2 Å². The molecule has 2 heteroatoms. The van der Waals surface area contributed by atoms with Crippen LogP contribution in [0.15, 0.2) is 30.3 Å². The van der Waals surface area contributed by atoms with Gasteiger partial charge < -0.3 is 10.1 Å². The van der Waals surface area contributed by atoms with Gasteiger partial charge in [-0.1, -0.05) is 37.3 Å². The summed E-state index contributed by atoms with van der Waals surface area (Å²) in [5.41, 5.74) is 1.43. The molecule has 2 nitrogen and oxygen atoms in total. The van der Waals surface area contributed by atoms with E-state index in [1.165, 1.54) is 24.8 Å². The first-order valence-electron chi connectivity index (χ1n) is 7.08. The molecule has 1 aromatic carbocycles. The van der Waals surface area contributed by atoms with E-state index in [9.17, 15) is 0 Å². The van der Waals surface area contributed by atoms with E-state index in [4.69, 9.17) is 4.74 Å². The largest absolute Gasteiger partial charge is 0.380 e. The topological polar surface area (TPSA) is 21.3 Å². The summed E-state index contributed by atoms with van der Waals surface area (Å²) in [5, 5.41) is 3.58. The molecule has 0 saturated heterocycles. The van der Waals surface area contributed by atoms with Gasteiger partial charge in [-0.3, -0.25) is 0 Å². The number of rotatable bonds is 9. The number of benzene rings is 1. The highest BCUT2D eigenvalue weighted by molar-refractivity contribution is 5.14. The van der Waals surface area contributed by atoms with Gasteiger partial charge in [0.05, 0.1) is 6.10 Å². The Morgan fingerprint density at radius 2 is 1.94 bits per heavy atom. The lowest BCUT2D eigenvalue weighted by molar-refractivity contribution is 0.0794. The molecule has 0 radical (unpaired) electrons. The predicted octanol–water partition coefficient (Wildman–Crippen LogP) is 3.41. The lowest BCUT2D eigenvalue weighted by Gasteiger charge is -2.24. The van der Waals surface area contributed by atoms with E-state index in [-0.39, 0.29) is 6.10 Å². The summed E-state index contributed by atoms with van der Waals surface area (Å²) in [5.74, 6) is 0. The van der Waals surface area contributed by atoms with E-state index in [0.29, 0.717) is 6.04 Å². The van der Waals surface area contributed by atoms with E-state index >= 15 is 0 Å². The standard InChI is InChI=1S/C16H27NO/c1-4-13-17-16(14(2)18-3)12-8-11-15-9-6-5-7-10-15/h5-7,9-10,14,16-17H,4,8,11-13H2,1-3H3. The van der Waals surface area contributed by atoms with Crippen molar-refractivity contribution in [3.63, 3.8) is 0 Å². The molecule has 102 valence electrons. The van der Waals surface area contributed by atoms with Crippen LogP contribution >= 0.6 is 0 Å². The van der Waals surface area contributed by atoms with Gasteiger partial charge in [0.2, 0.25) is 0 Å². The Kier molecular flexibility index (Phi) is 7.70. The highest BCUT2D eigenvalue weighted by Crippen LogP contribution is 2.10. The Morgan fingerprint density at radius 3 is 2.56 bits per heavy atom. The summed E-state index contributed by atoms with van der Waals surface area (Å²) < 4.78 is 5.45. The van der Waals surface area contributed by atoms with Crippen LogP contribution < -0.4 is 5.32 Å². The van der Waals surface area contributed by atoms with Crippen molar-refractivity contribution in [3.05, 3.63) is 35.9 Å². The second-order valence-electron chi connectivity index (χ2n) is 4.88. The van der Waals surface area contributed by atoms with Crippen molar-refractivity contribution >= 4 is 0 Å². The fourth-order valence-corrected chi connectivity index (χ4v) is 2.17. The first-order chi connectivity index (χ1) is 8.77. The Bertz CT molecular complexity index is 299. The second-order valence-corrected chi connectivity index (χ2v) is 4.88. The van der Waals surface area contributed by atoms with Crippen molar-refractivity contribution in [2.45, 2.75) is 51.7 Å². The Morgan fingerprint density at radius 1 is 1.22 bits per heavy atom. The summed E-state index contributed by atoms with van der Waals surface area (Å²) in [4.78, 5) is 0. The molecule has 1 N–H and O–H groups in total. The van der Waals surface area contributed by atoms with Crippen LogP contribution in [-0.4, -0.2) is 25.8 Å². The molecule has 1 aromatic rings. The molecule has 0 heterocycles. The van der Waals surface area contributed by atoms with E-state index in [2.05, 4.69) is 49.5 Å². The number of ether oxygens (including phenoxy) is 1. The molecular formula is C16H27NO. The van der Waals surface area contributed by atoms with Gasteiger partial charge >= 0.3 is 0 Å². The summed E-state index contributed by atoms with van der Waals surface area (Å²) in [6.07, 6.45) is 4.99. The lowest BCUT2D eigenvalue weighted by atomic mass is 10.0. The molecule has 0 aliphatic heterocycles. The quantitative estimate of drug-likeness (QED) is 0.724. The third-order valence-electron chi connectivity index (χ3n) is 3.42. The maximum Gasteiger partial charge on any atom is 0.0696 e. The summed E-state index contributed by atoms with van der Waals surface area (Å²) in [6, 6.07) is 11.2. The fourth-order valence-electron chi connectivity index (χ4n) is 2.17. The fraction of sp³-hybridized carbons (Fsp3) is 0.625. The third kappa shape index (κ3) is 5.65. The summed E-state index contributed by atoms with van der Waals surface area (Å²) in [6.45, 7) is 5.42. The highest BCUT2D eigenvalue weighted by atomic mass is 16.5. The summed E-state index contributed by atoms with van der Waals surface area (Å²) in [7, 11) is 1.79. The molecule has 0 saturated carbocycles. The molecule has 18 heavy (non-hydrogen) atoms. The number of methoxy groups -OCH3 is 1. The molecule has 0 aliphatic carbocycles. The van der Waals surface area contributed by atoms with Crippen LogP contribution in [0.4, 0.5) is 0 Å². The lowest BCUT2D eigenvalue weighted by Crippen LogP contribution is -2.39. The number of nitrogens with one attached hydrogen (secondary N) is 1. The first kappa shape index (κ1) is 15.2. The van der Waals surface area contributed by atoms with E-state index in [1.807, 2.05) is 0 Å². The number of hydrogen-bond donors (Lipinski definition) is 1. The van der Waals surface area contributed by atoms with Crippen molar-refractivity contribution < 1.29 is 4.74 Å². The minimum absolute atomic E-state index is 0.285. The van der Waals surface area contributed by atoms with Crippen LogP contribution in [0.2, 0.25) is 0 Å². The Labute approximate surface area is 112 Å². The zero-order valence-corrected chi connectivity index (χ0v) is 12.0. The molecule has 0 fully saturated rings. The molecule has 0 bridgehead atoms. The molecule has 0 aromatic heterocycles. The van der Waals surface area contributed by atoms with Gasteiger partial charge in [0, 0.05) is 13.2 Å².